The number of amides is 1. The number of amidine groups is 1. The van der Waals surface area contributed by atoms with Crippen molar-refractivity contribution in [2.45, 2.75) is 6.54 Å². The van der Waals surface area contributed by atoms with E-state index in [1.807, 2.05) is 48.5 Å². The van der Waals surface area contributed by atoms with Crippen molar-refractivity contribution in [3.8, 4) is 0 Å². The number of para-hydroxylation sites is 1. The maximum absolute atomic E-state index is 12.9. The molecule has 0 bridgehead atoms. The van der Waals surface area contributed by atoms with Crippen molar-refractivity contribution in [2.75, 3.05) is 7.05 Å². The molecular weight excluding hydrogens is 482 g/mol. The molecular formula is C26H20BrN3OS. The Kier molecular flexibility index (Phi) is 5.72. The molecule has 4 aromatic rings. The molecule has 1 amide bonds. The second-order valence-electron chi connectivity index (χ2n) is 7.56. The van der Waals surface area contributed by atoms with Gasteiger partial charge in [0.05, 0.1) is 10.6 Å². The Morgan fingerprint density at radius 2 is 1.69 bits per heavy atom. The highest BCUT2D eigenvalue weighted by molar-refractivity contribution is 9.10. The van der Waals surface area contributed by atoms with Crippen molar-refractivity contribution in [1.82, 2.24) is 9.47 Å². The minimum atomic E-state index is -0.0363. The van der Waals surface area contributed by atoms with E-state index in [-0.39, 0.29) is 5.91 Å². The van der Waals surface area contributed by atoms with Crippen molar-refractivity contribution in [3.63, 3.8) is 0 Å². The zero-order valence-corrected chi connectivity index (χ0v) is 19.8. The molecule has 0 N–H and O–H groups in total. The van der Waals surface area contributed by atoms with Crippen LogP contribution in [0.1, 0.15) is 11.1 Å². The molecule has 0 aliphatic carbocycles. The minimum Gasteiger partial charge on any atom is -0.342 e. The summed E-state index contributed by atoms with van der Waals surface area (Å²) in [5, 5.41) is 1.81. The van der Waals surface area contributed by atoms with Gasteiger partial charge in [-0.1, -0.05) is 64.5 Å². The molecule has 6 heteroatoms. The third-order valence-corrected chi connectivity index (χ3v) is 6.95. The van der Waals surface area contributed by atoms with Crippen molar-refractivity contribution in [3.05, 3.63) is 106 Å². The average molecular weight is 502 g/mol. The predicted octanol–water partition coefficient (Wildman–Crippen LogP) is 6.69. The molecule has 1 saturated heterocycles. The molecule has 158 valence electrons. The summed E-state index contributed by atoms with van der Waals surface area (Å²) in [5.41, 5.74) is 4.24. The van der Waals surface area contributed by atoms with E-state index in [1.165, 1.54) is 17.3 Å². The normalized spacial score (nSPS) is 16.6. The predicted molar refractivity (Wildman–Crippen MR) is 137 cm³/mol. The lowest BCUT2D eigenvalue weighted by molar-refractivity contribution is -0.121. The molecule has 1 aliphatic rings. The van der Waals surface area contributed by atoms with Crippen LogP contribution in [0.15, 0.2) is 99.4 Å². The van der Waals surface area contributed by atoms with Gasteiger partial charge in [0.15, 0.2) is 5.17 Å². The molecule has 0 unspecified atom stereocenters. The Morgan fingerprint density at radius 3 is 2.47 bits per heavy atom. The van der Waals surface area contributed by atoms with E-state index in [2.05, 4.69) is 68.1 Å². The van der Waals surface area contributed by atoms with E-state index < -0.39 is 0 Å². The van der Waals surface area contributed by atoms with Gasteiger partial charge >= 0.3 is 0 Å². The first-order valence-electron chi connectivity index (χ1n) is 10.2. The molecule has 1 fully saturated rings. The topological polar surface area (TPSA) is 37.6 Å². The summed E-state index contributed by atoms with van der Waals surface area (Å²) in [6.45, 7) is 0.780. The number of fused-ring (bicyclic) bond motifs is 1. The number of nitrogens with zero attached hydrogens (tertiary/aromatic N) is 3. The number of benzene rings is 3. The molecule has 32 heavy (non-hydrogen) atoms. The fourth-order valence-electron chi connectivity index (χ4n) is 3.72. The van der Waals surface area contributed by atoms with Crippen molar-refractivity contribution in [2.24, 2.45) is 4.99 Å². The van der Waals surface area contributed by atoms with Crippen LogP contribution in [0.25, 0.3) is 17.0 Å². The van der Waals surface area contributed by atoms with Crippen LogP contribution >= 0.6 is 27.7 Å². The number of thioether (sulfide) groups is 1. The Balaban J connectivity index is 1.50. The Bertz CT molecular complexity index is 1360. The molecule has 1 aliphatic heterocycles. The first kappa shape index (κ1) is 20.8. The number of likely N-dealkylation sites (N-methyl/N-ethyl adjacent to an activating group) is 1. The lowest BCUT2D eigenvalue weighted by Crippen LogP contribution is -2.23. The summed E-state index contributed by atoms with van der Waals surface area (Å²) in [6, 6.07) is 26.4. The summed E-state index contributed by atoms with van der Waals surface area (Å²) >= 11 is 4.85. The second-order valence-corrected chi connectivity index (χ2v) is 9.49. The van der Waals surface area contributed by atoms with Crippen LogP contribution in [0.3, 0.4) is 0 Å². The number of aliphatic imine (C=N–C) groups is 1. The number of carbonyl (C=O) groups excluding carboxylic acids is 1. The van der Waals surface area contributed by atoms with Crippen LogP contribution in [0, 0.1) is 0 Å². The molecule has 0 spiro atoms. The lowest BCUT2D eigenvalue weighted by Gasteiger charge is -2.07. The fraction of sp³-hybridized carbons (Fsp3) is 0.0769. The summed E-state index contributed by atoms with van der Waals surface area (Å²) < 4.78 is 3.24. The maximum Gasteiger partial charge on any atom is 0.266 e. The smallest absolute Gasteiger partial charge is 0.266 e. The highest BCUT2D eigenvalue weighted by Gasteiger charge is 2.30. The Hall–Kier alpha value is -3.09. The maximum atomic E-state index is 12.9. The van der Waals surface area contributed by atoms with Crippen LogP contribution < -0.4 is 0 Å². The minimum absolute atomic E-state index is 0.0363. The third-order valence-electron chi connectivity index (χ3n) is 5.36. The quantitative estimate of drug-likeness (QED) is 0.292. The largest absolute Gasteiger partial charge is 0.342 e. The number of aromatic nitrogens is 1. The molecule has 4 nitrogen and oxygen atoms in total. The molecule has 0 atom stereocenters. The monoisotopic (exact) mass is 501 g/mol. The molecule has 0 saturated carbocycles. The van der Waals surface area contributed by atoms with Gasteiger partial charge in [0.2, 0.25) is 0 Å². The zero-order valence-electron chi connectivity index (χ0n) is 17.4. The molecule has 0 radical (unpaired) electrons. The highest BCUT2D eigenvalue weighted by atomic mass is 79.9. The highest BCUT2D eigenvalue weighted by Crippen LogP contribution is 2.35. The van der Waals surface area contributed by atoms with Crippen molar-refractivity contribution >= 4 is 61.4 Å². The van der Waals surface area contributed by atoms with E-state index in [4.69, 9.17) is 0 Å². The number of rotatable bonds is 4. The first-order valence-corrected chi connectivity index (χ1v) is 11.8. The third kappa shape index (κ3) is 4.16. The Morgan fingerprint density at radius 1 is 0.969 bits per heavy atom. The Labute approximate surface area is 199 Å². The van der Waals surface area contributed by atoms with Crippen molar-refractivity contribution in [1.29, 1.82) is 0 Å². The van der Waals surface area contributed by atoms with E-state index in [9.17, 15) is 4.79 Å². The van der Waals surface area contributed by atoms with E-state index >= 15 is 0 Å². The van der Waals surface area contributed by atoms with Gasteiger partial charge in [0.1, 0.15) is 0 Å². The number of hydrogen-bond acceptors (Lipinski definition) is 3. The van der Waals surface area contributed by atoms with Crippen LogP contribution in [0.5, 0.6) is 0 Å². The summed E-state index contributed by atoms with van der Waals surface area (Å²) in [6.07, 6.45) is 4.11. The number of carbonyl (C=O) groups is 1. The van der Waals surface area contributed by atoms with Gasteiger partial charge in [0.25, 0.3) is 5.91 Å². The average Bonchev–Trinajstić information content (AvgIpc) is 3.28. The summed E-state index contributed by atoms with van der Waals surface area (Å²) in [7, 11) is 1.77. The lowest BCUT2D eigenvalue weighted by atomic mass is 10.1. The number of halogens is 1. The summed E-state index contributed by atoms with van der Waals surface area (Å²) in [5.74, 6) is -0.0363. The van der Waals surface area contributed by atoms with E-state index in [0.29, 0.717) is 10.1 Å². The molecule has 2 heterocycles. The fourth-order valence-corrected chi connectivity index (χ4v) is 4.96. The van der Waals surface area contributed by atoms with Gasteiger partial charge in [-0.3, -0.25) is 9.69 Å². The van der Waals surface area contributed by atoms with Crippen molar-refractivity contribution < 1.29 is 4.79 Å². The second kappa shape index (κ2) is 8.81. The first-order chi connectivity index (χ1) is 15.6. The molecule has 3 aromatic carbocycles. The zero-order chi connectivity index (χ0) is 22.1. The van der Waals surface area contributed by atoms with E-state index in [0.717, 1.165) is 33.2 Å². The van der Waals surface area contributed by atoms with Gasteiger partial charge < -0.3 is 4.57 Å². The van der Waals surface area contributed by atoms with Gasteiger partial charge in [-0.2, -0.15) is 0 Å². The van der Waals surface area contributed by atoms with Gasteiger partial charge in [0, 0.05) is 40.7 Å². The molecule has 1 aromatic heterocycles. The van der Waals surface area contributed by atoms with Crippen LogP contribution in [-0.2, 0) is 11.3 Å². The van der Waals surface area contributed by atoms with Gasteiger partial charge in [-0.25, -0.2) is 4.99 Å². The number of hydrogen-bond donors (Lipinski definition) is 0. The van der Waals surface area contributed by atoms with Crippen LogP contribution in [0.4, 0.5) is 5.69 Å². The van der Waals surface area contributed by atoms with E-state index in [1.54, 1.807) is 11.9 Å². The van der Waals surface area contributed by atoms with Crippen LogP contribution in [0.2, 0.25) is 0 Å². The SMILES string of the molecule is CN1C(=O)/C(=C\c2cn(Cc3ccccc3)c3ccccc23)SC1=Nc1ccc(Br)cc1. The van der Waals surface area contributed by atoms with Gasteiger partial charge in [-0.15, -0.1) is 0 Å². The van der Waals surface area contributed by atoms with Gasteiger partial charge in [-0.05, 0) is 53.7 Å². The summed E-state index contributed by atoms with van der Waals surface area (Å²) in [4.78, 5) is 19.9. The standard InChI is InChI=1S/C26H20BrN3OS/c1-29-25(31)24(32-26(29)28-21-13-11-20(27)12-14-21)15-19-17-30(16-18-7-3-2-4-8-18)23-10-6-5-9-22(19)23/h2-15,17H,16H2,1H3/b24-15+,28-26?. The van der Waals surface area contributed by atoms with Crippen LogP contribution in [-0.4, -0.2) is 27.6 Å². The molecule has 5 rings (SSSR count).